The van der Waals surface area contributed by atoms with Gasteiger partial charge in [-0.3, -0.25) is 19.3 Å². The summed E-state index contributed by atoms with van der Waals surface area (Å²) in [4.78, 5) is 38.7. The largest absolute Gasteiger partial charge is 0.451 e. The summed E-state index contributed by atoms with van der Waals surface area (Å²) in [5.41, 5.74) is 1.62. The van der Waals surface area contributed by atoms with Gasteiger partial charge in [0.25, 0.3) is 5.91 Å². The van der Waals surface area contributed by atoms with Gasteiger partial charge in [0.15, 0.2) is 0 Å². The minimum atomic E-state index is -4.76. The quantitative estimate of drug-likeness (QED) is 0.300. The van der Waals surface area contributed by atoms with Crippen LogP contribution in [0, 0.1) is 16.7 Å². The number of H-pyrrole nitrogens is 1. The third-order valence-electron chi connectivity index (χ3n) is 10.4. The van der Waals surface area contributed by atoms with Gasteiger partial charge >= 0.3 is 6.18 Å². The highest BCUT2D eigenvalue weighted by Crippen LogP contribution is 2.48. The molecular formula is C32H36F3N11O. The number of nitrogens with one attached hydrogen (secondary N) is 1. The molecule has 15 heteroatoms. The van der Waals surface area contributed by atoms with Crippen LogP contribution in [0.15, 0.2) is 37.1 Å². The van der Waals surface area contributed by atoms with Gasteiger partial charge in [0, 0.05) is 73.9 Å². The zero-order valence-electron chi connectivity index (χ0n) is 26.3. The minimum Gasteiger partial charge on any atom is -0.346 e. The van der Waals surface area contributed by atoms with Gasteiger partial charge in [-0.15, -0.1) is 0 Å². The zero-order chi connectivity index (χ0) is 33.0. The molecule has 1 amide bonds. The van der Waals surface area contributed by atoms with Crippen molar-refractivity contribution in [2.75, 3.05) is 40.3 Å². The number of carbonyl (C=O) groups excluding carboxylic acids is 1. The predicted molar refractivity (Wildman–Crippen MR) is 165 cm³/mol. The Labute approximate surface area is 269 Å². The topological polar surface area (TPSA) is 136 Å². The molecule has 1 aliphatic heterocycles. The summed E-state index contributed by atoms with van der Waals surface area (Å²) >= 11 is 0. The van der Waals surface area contributed by atoms with E-state index < -0.39 is 23.4 Å². The fraction of sp³-hybridized carbons (Fsp3) is 0.531. The minimum absolute atomic E-state index is 0.210. The van der Waals surface area contributed by atoms with E-state index in [0.29, 0.717) is 52.0 Å². The molecule has 5 heterocycles. The second-order valence-electron chi connectivity index (χ2n) is 13.4. The Hall–Kier alpha value is -4.42. The predicted octanol–water partition coefficient (Wildman–Crippen LogP) is 4.09. The van der Waals surface area contributed by atoms with Crippen molar-refractivity contribution in [2.24, 2.45) is 5.41 Å². The normalized spacial score (nSPS) is 23.0. The first kappa shape index (κ1) is 31.2. The molecule has 0 bridgehead atoms. The Morgan fingerprint density at radius 3 is 2.57 bits per heavy atom. The number of halogens is 3. The Morgan fingerprint density at radius 1 is 1.15 bits per heavy atom. The van der Waals surface area contributed by atoms with Crippen LogP contribution in [0.3, 0.4) is 0 Å². The van der Waals surface area contributed by atoms with E-state index in [4.69, 9.17) is 0 Å². The first-order valence-electron chi connectivity index (χ1n) is 15.9. The fourth-order valence-electron chi connectivity index (χ4n) is 7.53. The monoisotopic (exact) mass is 647 g/mol. The third kappa shape index (κ3) is 5.63. The molecule has 2 aliphatic carbocycles. The molecule has 4 aromatic heterocycles. The standard InChI is InChI=1S/C32H36F3N11O/c1-43(2)31(5-3-6-31)25-14-24(41-29(42-25)32(33,34)35)28(47)45-12-10-44(11-13-45)22-15-30(16-22,7-8-36)19-46-18-21(17-40-46)26-23-4-9-37-27(23)39-20-38-26/h4,9,14,17-18,20,22H,3,5-7,10-13,15-16,19H2,1-2H3,(H,37,38,39). The maximum absolute atomic E-state index is 13.8. The van der Waals surface area contributed by atoms with Gasteiger partial charge in [0.2, 0.25) is 5.82 Å². The first-order chi connectivity index (χ1) is 22.5. The molecule has 1 saturated heterocycles. The molecule has 7 rings (SSSR count). The van der Waals surface area contributed by atoms with Crippen molar-refractivity contribution in [3.63, 3.8) is 0 Å². The molecule has 47 heavy (non-hydrogen) atoms. The van der Waals surface area contributed by atoms with Gasteiger partial charge < -0.3 is 9.88 Å². The lowest BCUT2D eigenvalue weighted by molar-refractivity contribution is -0.145. The van der Waals surface area contributed by atoms with Crippen molar-refractivity contribution >= 4 is 16.9 Å². The van der Waals surface area contributed by atoms with Crippen LogP contribution < -0.4 is 0 Å². The number of nitriles is 1. The molecule has 2 saturated carbocycles. The SMILES string of the molecule is CN(C)C1(c2cc(C(=O)N3CCN(C4CC(CC#N)(Cn5cc(-c6ncnc7[nH]ccc67)cn5)C4)CC3)nc(C(F)(F)F)n2)CCC1. The van der Waals surface area contributed by atoms with E-state index in [-0.39, 0.29) is 22.8 Å². The summed E-state index contributed by atoms with van der Waals surface area (Å²) in [5, 5.41) is 15.2. The van der Waals surface area contributed by atoms with Crippen LogP contribution >= 0.6 is 0 Å². The van der Waals surface area contributed by atoms with Crippen molar-refractivity contribution in [1.29, 1.82) is 5.26 Å². The van der Waals surface area contributed by atoms with Gasteiger partial charge in [-0.1, -0.05) is 0 Å². The number of alkyl halides is 3. The highest BCUT2D eigenvalue weighted by atomic mass is 19.4. The van der Waals surface area contributed by atoms with Crippen LogP contribution in [0.1, 0.15) is 60.5 Å². The zero-order valence-corrected chi connectivity index (χ0v) is 26.3. The van der Waals surface area contributed by atoms with Crippen molar-refractivity contribution in [1.82, 2.24) is 49.4 Å². The van der Waals surface area contributed by atoms with Gasteiger partial charge in [-0.2, -0.15) is 23.5 Å². The van der Waals surface area contributed by atoms with Gasteiger partial charge in [0.05, 0.1) is 29.2 Å². The summed E-state index contributed by atoms with van der Waals surface area (Å²) in [6, 6.07) is 6.00. The molecule has 0 unspecified atom stereocenters. The number of carbonyl (C=O) groups is 1. The highest BCUT2D eigenvalue weighted by molar-refractivity contribution is 5.92. The van der Waals surface area contributed by atoms with E-state index >= 15 is 0 Å². The summed E-state index contributed by atoms with van der Waals surface area (Å²) < 4.78 is 43.4. The smallest absolute Gasteiger partial charge is 0.346 e. The molecule has 4 aromatic rings. The third-order valence-corrected chi connectivity index (χ3v) is 10.4. The number of aromatic amines is 1. The lowest BCUT2D eigenvalue weighted by Crippen LogP contribution is -2.58. The summed E-state index contributed by atoms with van der Waals surface area (Å²) in [5.74, 6) is -1.78. The average molecular weight is 648 g/mol. The van der Waals surface area contributed by atoms with Crippen molar-refractivity contribution < 1.29 is 18.0 Å². The molecule has 246 valence electrons. The first-order valence-corrected chi connectivity index (χ1v) is 15.9. The van der Waals surface area contributed by atoms with Crippen LogP contribution in [0.5, 0.6) is 0 Å². The molecule has 0 radical (unpaired) electrons. The number of aromatic nitrogens is 7. The maximum atomic E-state index is 13.8. The van der Waals surface area contributed by atoms with E-state index in [0.717, 1.165) is 41.6 Å². The number of piperazine rings is 1. The summed E-state index contributed by atoms with van der Waals surface area (Å²) in [6.07, 6.45) is 6.60. The van der Waals surface area contributed by atoms with Crippen molar-refractivity contribution in [3.05, 3.63) is 54.3 Å². The molecular weight excluding hydrogens is 611 g/mol. The number of nitrogens with zero attached hydrogens (tertiary/aromatic N) is 10. The number of hydrogen-bond donors (Lipinski definition) is 1. The highest BCUT2D eigenvalue weighted by Gasteiger charge is 2.48. The maximum Gasteiger partial charge on any atom is 0.451 e. The number of rotatable bonds is 8. The molecule has 12 nitrogen and oxygen atoms in total. The summed E-state index contributed by atoms with van der Waals surface area (Å²) in [7, 11) is 3.65. The Balaban J connectivity index is 0.998. The van der Waals surface area contributed by atoms with Crippen LogP contribution in [-0.4, -0.2) is 102 Å². The van der Waals surface area contributed by atoms with E-state index in [1.807, 2.05) is 42.1 Å². The van der Waals surface area contributed by atoms with Crippen LogP contribution in [-0.2, 0) is 18.3 Å². The van der Waals surface area contributed by atoms with Crippen LogP contribution in [0.4, 0.5) is 13.2 Å². The molecule has 1 N–H and O–H groups in total. The Morgan fingerprint density at radius 2 is 1.91 bits per heavy atom. The number of amides is 1. The molecule has 0 aromatic carbocycles. The molecule has 0 atom stereocenters. The van der Waals surface area contributed by atoms with Gasteiger partial charge in [0.1, 0.15) is 17.7 Å². The van der Waals surface area contributed by atoms with E-state index in [1.165, 1.54) is 12.4 Å². The lowest BCUT2D eigenvalue weighted by atomic mass is 9.63. The lowest BCUT2D eigenvalue weighted by Gasteiger charge is -2.52. The van der Waals surface area contributed by atoms with Crippen molar-refractivity contribution in [3.8, 4) is 17.3 Å². The van der Waals surface area contributed by atoms with E-state index in [2.05, 4.69) is 41.0 Å². The van der Waals surface area contributed by atoms with Crippen LogP contribution in [0.2, 0.25) is 0 Å². The van der Waals surface area contributed by atoms with Gasteiger partial charge in [-0.25, -0.2) is 19.9 Å². The summed E-state index contributed by atoms with van der Waals surface area (Å²) in [6.45, 7) is 2.56. The van der Waals surface area contributed by atoms with Crippen molar-refractivity contribution in [2.45, 2.75) is 62.8 Å². The molecule has 3 fully saturated rings. The molecule has 0 spiro atoms. The van der Waals surface area contributed by atoms with Gasteiger partial charge in [-0.05, 0) is 58.3 Å². The average Bonchev–Trinajstić information content (AvgIpc) is 3.68. The van der Waals surface area contributed by atoms with Crippen LogP contribution in [0.25, 0.3) is 22.3 Å². The Bertz CT molecular complexity index is 1820. The number of fused-ring (bicyclic) bond motifs is 1. The van der Waals surface area contributed by atoms with E-state index in [1.54, 1.807) is 11.1 Å². The fourth-order valence-corrected chi connectivity index (χ4v) is 7.53. The molecule has 3 aliphatic rings. The second-order valence-corrected chi connectivity index (χ2v) is 13.4. The Kier molecular flexibility index (Phi) is 7.75. The number of hydrogen-bond acceptors (Lipinski definition) is 9. The second kappa shape index (κ2) is 11.7. The van der Waals surface area contributed by atoms with E-state index in [9.17, 15) is 23.2 Å².